The molecule has 5 nitrogen and oxygen atoms in total. The number of nitrogens with zero attached hydrogens (tertiary/aromatic N) is 5. The van der Waals surface area contributed by atoms with Crippen molar-refractivity contribution in [3.05, 3.63) is 65.5 Å². The zero-order valence-electron chi connectivity index (χ0n) is 13.1. The van der Waals surface area contributed by atoms with E-state index in [9.17, 15) is 4.39 Å². The third-order valence-electron chi connectivity index (χ3n) is 3.50. The van der Waals surface area contributed by atoms with Crippen molar-refractivity contribution < 1.29 is 4.39 Å². The van der Waals surface area contributed by atoms with E-state index in [0.717, 1.165) is 12.1 Å². The van der Waals surface area contributed by atoms with Crippen LogP contribution in [0.5, 0.6) is 0 Å². The maximum absolute atomic E-state index is 12.9. The lowest BCUT2D eigenvalue weighted by atomic mass is 10.1. The standard InChI is InChI=1S/C17H18FN5/c1-13-3-5-14(6-4-13)11-22(2)12-23-20-17(19-21-23)15-7-9-16(18)10-8-15/h3-10H,11-12H2,1-2H3. The zero-order chi connectivity index (χ0) is 16.2. The van der Waals surface area contributed by atoms with E-state index < -0.39 is 0 Å². The Bertz CT molecular complexity index is 764. The van der Waals surface area contributed by atoms with E-state index in [-0.39, 0.29) is 5.82 Å². The summed E-state index contributed by atoms with van der Waals surface area (Å²) in [6, 6.07) is 14.5. The molecule has 0 aliphatic rings. The molecule has 0 aliphatic carbocycles. The maximum atomic E-state index is 12.9. The molecule has 23 heavy (non-hydrogen) atoms. The van der Waals surface area contributed by atoms with Crippen LogP contribution in [0.15, 0.2) is 48.5 Å². The molecule has 1 heterocycles. The molecule has 3 aromatic rings. The van der Waals surface area contributed by atoms with Gasteiger partial charge in [0, 0.05) is 12.1 Å². The van der Waals surface area contributed by atoms with Crippen LogP contribution in [0, 0.1) is 12.7 Å². The van der Waals surface area contributed by atoms with Gasteiger partial charge in [0.05, 0.1) is 0 Å². The predicted octanol–water partition coefficient (Wildman–Crippen LogP) is 2.88. The van der Waals surface area contributed by atoms with E-state index in [1.807, 2.05) is 7.05 Å². The van der Waals surface area contributed by atoms with Gasteiger partial charge >= 0.3 is 0 Å². The summed E-state index contributed by atoms with van der Waals surface area (Å²) in [6.45, 7) is 3.40. The number of aromatic nitrogens is 4. The van der Waals surface area contributed by atoms with Crippen molar-refractivity contribution in [3.8, 4) is 11.4 Å². The minimum Gasteiger partial charge on any atom is -0.282 e. The smallest absolute Gasteiger partial charge is 0.204 e. The quantitative estimate of drug-likeness (QED) is 0.727. The molecule has 3 rings (SSSR count). The molecule has 118 valence electrons. The number of halogens is 1. The van der Waals surface area contributed by atoms with Crippen molar-refractivity contribution in [3.63, 3.8) is 0 Å². The fraction of sp³-hybridized carbons (Fsp3) is 0.235. The molecule has 0 atom stereocenters. The Kier molecular flexibility index (Phi) is 4.43. The molecule has 0 fully saturated rings. The lowest BCUT2D eigenvalue weighted by Gasteiger charge is -2.15. The minimum absolute atomic E-state index is 0.279. The van der Waals surface area contributed by atoms with Gasteiger partial charge in [0.25, 0.3) is 0 Å². The van der Waals surface area contributed by atoms with Crippen molar-refractivity contribution >= 4 is 0 Å². The third-order valence-corrected chi connectivity index (χ3v) is 3.50. The van der Waals surface area contributed by atoms with Crippen molar-refractivity contribution in [2.45, 2.75) is 20.1 Å². The number of hydrogen-bond acceptors (Lipinski definition) is 4. The average Bonchev–Trinajstić information content (AvgIpc) is 2.98. The second-order valence-electron chi connectivity index (χ2n) is 5.63. The highest BCUT2D eigenvalue weighted by Crippen LogP contribution is 2.14. The first kappa shape index (κ1) is 15.3. The van der Waals surface area contributed by atoms with Gasteiger partial charge in [-0.05, 0) is 49.0 Å². The molecule has 0 unspecified atom stereocenters. The highest BCUT2D eigenvalue weighted by molar-refractivity contribution is 5.53. The number of aryl methyl sites for hydroxylation is 1. The van der Waals surface area contributed by atoms with Crippen LogP contribution < -0.4 is 0 Å². The van der Waals surface area contributed by atoms with Crippen LogP contribution in [0.25, 0.3) is 11.4 Å². The maximum Gasteiger partial charge on any atom is 0.204 e. The second-order valence-corrected chi connectivity index (χ2v) is 5.63. The van der Waals surface area contributed by atoms with Crippen molar-refractivity contribution in [2.24, 2.45) is 0 Å². The highest BCUT2D eigenvalue weighted by Gasteiger charge is 2.08. The Hall–Kier alpha value is -2.60. The summed E-state index contributed by atoms with van der Waals surface area (Å²) in [5.41, 5.74) is 3.23. The molecule has 6 heteroatoms. The fourth-order valence-electron chi connectivity index (χ4n) is 2.29. The molecule has 2 aromatic carbocycles. The van der Waals surface area contributed by atoms with E-state index >= 15 is 0 Å². The summed E-state index contributed by atoms with van der Waals surface area (Å²) >= 11 is 0. The molecule has 0 radical (unpaired) electrons. The van der Waals surface area contributed by atoms with Gasteiger partial charge in [-0.3, -0.25) is 4.90 Å². The minimum atomic E-state index is -0.279. The summed E-state index contributed by atoms with van der Waals surface area (Å²) < 4.78 is 12.9. The van der Waals surface area contributed by atoms with Crippen LogP contribution in [0.3, 0.4) is 0 Å². The van der Waals surface area contributed by atoms with Crippen LogP contribution in [0.1, 0.15) is 11.1 Å². The van der Waals surface area contributed by atoms with Crippen molar-refractivity contribution in [1.82, 2.24) is 25.1 Å². The topological polar surface area (TPSA) is 46.8 Å². The lowest BCUT2D eigenvalue weighted by Crippen LogP contribution is -2.23. The monoisotopic (exact) mass is 311 g/mol. The van der Waals surface area contributed by atoms with Crippen LogP contribution >= 0.6 is 0 Å². The first-order valence-corrected chi connectivity index (χ1v) is 7.38. The van der Waals surface area contributed by atoms with Gasteiger partial charge in [0.2, 0.25) is 5.82 Å². The molecule has 0 spiro atoms. The Balaban J connectivity index is 1.64. The normalized spacial score (nSPS) is 11.1. The lowest BCUT2D eigenvalue weighted by molar-refractivity contribution is 0.227. The number of benzene rings is 2. The summed E-state index contributed by atoms with van der Waals surface area (Å²) in [7, 11) is 2.00. The highest BCUT2D eigenvalue weighted by atomic mass is 19.1. The number of tetrazole rings is 1. The van der Waals surface area contributed by atoms with Crippen LogP contribution in [0.4, 0.5) is 4.39 Å². The molecule has 0 aliphatic heterocycles. The predicted molar refractivity (Wildman–Crippen MR) is 85.9 cm³/mol. The van der Waals surface area contributed by atoms with E-state index in [0.29, 0.717) is 12.5 Å². The Labute approximate surface area is 134 Å². The summed E-state index contributed by atoms with van der Waals surface area (Å²) in [6.07, 6.45) is 0. The molecule has 0 N–H and O–H groups in total. The molecule has 0 amide bonds. The van der Waals surface area contributed by atoms with Gasteiger partial charge in [-0.1, -0.05) is 29.8 Å². The van der Waals surface area contributed by atoms with Gasteiger partial charge in [0.1, 0.15) is 12.5 Å². The molecule has 1 aromatic heterocycles. The number of hydrogen-bond donors (Lipinski definition) is 0. The Morgan fingerprint density at radius 1 is 1.04 bits per heavy atom. The van der Waals surface area contributed by atoms with Crippen LogP contribution in [-0.2, 0) is 13.2 Å². The molecule has 0 bridgehead atoms. The molecule has 0 saturated heterocycles. The van der Waals surface area contributed by atoms with Crippen LogP contribution in [-0.4, -0.2) is 32.2 Å². The first-order valence-electron chi connectivity index (χ1n) is 7.38. The van der Waals surface area contributed by atoms with E-state index in [1.165, 1.54) is 28.1 Å². The second kappa shape index (κ2) is 6.66. The van der Waals surface area contributed by atoms with Gasteiger partial charge in [0.15, 0.2) is 0 Å². The first-order chi connectivity index (χ1) is 11.1. The molecular formula is C17H18FN5. The SMILES string of the molecule is Cc1ccc(CN(C)Cn2nnc(-c3ccc(F)cc3)n2)cc1. The van der Waals surface area contributed by atoms with Gasteiger partial charge < -0.3 is 0 Å². The largest absolute Gasteiger partial charge is 0.282 e. The van der Waals surface area contributed by atoms with Crippen molar-refractivity contribution in [2.75, 3.05) is 7.05 Å². The number of rotatable bonds is 5. The Morgan fingerprint density at radius 3 is 2.43 bits per heavy atom. The van der Waals surface area contributed by atoms with Gasteiger partial charge in [-0.15, -0.1) is 15.0 Å². The van der Waals surface area contributed by atoms with E-state index in [4.69, 9.17) is 0 Å². The summed E-state index contributed by atoms with van der Waals surface area (Å²) in [5.74, 6) is 0.215. The van der Waals surface area contributed by atoms with E-state index in [1.54, 1.807) is 12.1 Å². The molecular weight excluding hydrogens is 293 g/mol. The molecule has 0 saturated carbocycles. The van der Waals surface area contributed by atoms with Gasteiger partial charge in [-0.25, -0.2) is 4.39 Å². The third kappa shape index (κ3) is 3.98. The zero-order valence-corrected chi connectivity index (χ0v) is 13.1. The summed E-state index contributed by atoms with van der Waals surface area (Å²) in [5, 5.41) is 12.4. The average molecular weight is 311 g/mol. The van der Waals surface area contributed by atoms with Gasteiger partial charge in [-0.2, -0.15) is 0 Å². The fourth-order valence-corrected chi connectivity index (χ4v) is 2.29. The summed E-state index contributed by atoms with van der Waals surface area (Å²) in [4.78, 5) is 3.63. The Morgan fingerprint density at radius 2 is 1.74 bits per heavy atom. The van der Waals surface area contributed by atoms with E-state index in [2.05, 4.69) is 51.5 Å². The van der Waals surface area contributed by atoms with Crippen LogP contribution in [0.2, 0.25) is 0 Å². The van der Waals surface area contributed by atoms with Crippen molar-refractivity contribution in [1.29, 1.82) is 0 Å².